The highest BCUT2D eigenvalue weighted by Crippen LogP contribution is 2.24. The molecular weight excluding hydrogens is 1320 g/mol. The number of hydrogen-bond acceptors (Lipinski definition) is 17. The van der Waals surface area contributed by atoms with E-state index < -0.39 is 163 Å². The molecule has 2 aliphatic rings. The number of nitrogens with one attached hydrogen (secondary N) is 10. The van der Waals surface area contributed by atoms with E-state index in [0.717, 1.165) is 6.42 Å². The molecule has 12 amide bonds. The maximum Gasteiger partial charge on any atom is 0.248 e. The Morgan fingerprint density at radius 3 is 1.70 bits per heavy atom. The van der Waals surface area contributed by atoms with Gasteiger partial charge in [-0.15, -0.1) is 0 Å². The Hall–Kier alpha value is -9.96. The van der Waals surface area contributed by atoms with Crippen molar-refractivity contribution in [1.82, 2.24) is 62.6 Å². The van der Waals surface area contributed by atoms with Gasteiger partial charge in [0.25, 0.3) is 0 Å². The third-order valence-electron chi connectivity index (χ3n) is 17.6. The normalized spacial score (nSPS) is 17.2. The number of benzene rings is 2. The van der Waals surface area contributed by atoms with Crippen LogP contribution in [0.4, 0.5) is 0 Å². The average Bonchev–Trinajstić information content (AvgIpc) is 1.62. The van der Waals surface area contributed by atoms with Crippen LogP contribution in [0, 0.1) is 11.8 Å². The monoisotopic (exact) mass is 1430 g/mol. The Morgan fingerprint density at radius 2 is 1.11 bits per heavy atom. The first kappa shape index (κ1) is 82.7. The topological polar surface area (TPSA) is 557 Å². The van der Waals surface area contributed by atoms with Crippen LogP contribution in [0.15, 0.2) is 70.8 Å². The Morgan fingerprint density at radius 1 is 0.569 bits per heavy atom. The molecule has 3 heterocycles. The second-order valence-electron chi connectivity index (χ2n) is 26.6. The first-order valence-electron chi connectivity index (χ1n) is 34.8. The highest BCUT2D eigenvalue weighted by atomic mass is 16.3. The fourth-order valence-corrected chi connectivity index (χ4v) is 12.1. The van der Waals surface area contributed by atoms with E-state index in [1.807, 2.05) is 13.0 Å². The summed E-state index contributed by atoms with van der Waals surface area (Å²) in [5, 5.41) is 45.6. The largest absolute Gasteiger partial charge is 0.394 e. The van der Waals surface area contributed by atoms with Gasteiger partial charge in [0, 0.05) is 56.1 Å². The summed E-state index contributed by atoms with van der Waals surface area (Å²) in [5.74, 6) is -11.0. The van der Waals surface area contributed by atoms with E-state index in [2.05, 4.69) is 62.8 Å². The number of aliphatic hydroxyl groups excluding tert-OH is 2. The minimum Gasteiger partial charge on any atom is -0.394 e. The number of hydrogen-bond donors (Lipinski definition) is 18. The Bertz CT molecular complexity index is 3410. The van der Waals surface area contributed by atoms with Gasteiger partial charge in [-0.2, -0.15) is 0 Å². The smallest absolute Gasteiger partial charge is 0.248 e. The fraction of sp³-hybridized carbons (Fsp3) is 0.588. The summed E-state index contributed by atoms with van der Waals surface area (Å²) >= 11 is 0. The Labute approximate surface area is 593 Å². The lowest BCUT2D eigenvalue weighted by Gasteiger charge is -2.31. The van der Waals surface area contributed by atoms with Crippen molar-refractivity contribution in [2.75, 3.05) is 39.3 Å². The van der Waals surface area contributed by atoms with Crippen molar-refractivity contribution in [3.05, 3.63) is 71.9 Å². The number of aliphatic hydroxyl groups is 2. The number of nitrogens with zero attached hydrogens (tertiary/aromatic N) is 4. The van der Waals surface area contributed by atoms with E-state index >= 15 is 0 Å². The summed E-state index contributed by atoms with van der Waals surface area (Å²) in [4.78, 5) is 182. The van der Waals surface area contributed by atoms with Crippen molar-refractivity contribution < 1.29 is 67.7 Å². The van der Waals surface area contributed by atoms with Crippen LogP contribution in [0.3, 0.4) is 0 Å². The molecule has 12 atom stereocenters. The number of primary amides is 1. The van der Waals surface area contributed by atoms with Gasteiger partial charge in [-0.05, 0) is 100 Å². The van der Waals surface area contributed by atoms with Crippen LogP contribution in [0.1, 0.15) is 130 Å². The molecule has 0 aliphatic carbocycles. The molecule has 24 N–H and O–H groups in total. The predicted octanol–water partition coefficient (Wildman–Crippen LogP) is -3.89. The zero-order valence-corrected chi connectivity index (χ0v) is 59.0. The molecule has 34 nitrogen and oxygen atoms in total. The summed E-state index contributed by atoms with van der Waals surface area (Å²) in [6, 6.07) is 1.54. The number of aromatic amines is 1. The van der Waals surface area contributed by atoms with Crippen LogP contribution >= 0.6 is 0 Å². The van der Waals surface area contributed by atoms with Gasteiger partial charge >= 0.3 is 0 Å². The molecule has 2 aromatic carbocycles. The van der Waals surface area contributed by atoms with E-state index in [-0.39, 0.29) is 95.4 Å². The van der Waals surface area contributed by atoms with Crippen molar-refractivity contribution in [3.63, 3.8) is 0 Å². The molecule has 2 aliphatic heterocycles. The number of rotatable bonds is 41. The lowest BCUT2D eigenvalue weighted by atomic mass is 10.0. The maximum absolute atomic E-state index is 15.0. The third kappa shape index (κ3) is 25.6. The average molecular weight is 1430 g/mol. The summed E-state index contributed by atoms with van der Waals surface area (Å²) in [6.45, 7) is 8.62. The van der Waals surface area contributed by atoms with E-state index in [1.54, 1.807) is 82.4 Å². The number of amides is 12. The summed E-state index contributed by atoms with van der Waals surface area (Å²) in [6.07, 6.45) is 3.40. The van der Waals surface area contributed by atoms with Gasteiger partial charge in [0.1, 0.15) is 60.4 Å². The molecule has 0 bridgehead atoms. The van der Waals surface area contributed by atoms with Crippen molar-refractivity contribution in [2.45, 2.75) is 204 Å². The van der Waals surface area contributed by atoms with E-state index in [9.17, 15) is 67.7 Å². The summed E-state index contributed by atoms with van der Waals surface area (Å²) < 4.78 is 0. The van der Waals surface area contributed by atoms with Crippen LogP contribution in [0.25, 0.3) is 10.9 Å². The molecular formula is C68H106N20O14. The number of carbonyl (C=O) groups excluding carboxylic acids is 12. The molecule has 2 fully saturated rings. The number of para-hydroxylation sites is 1. The number of aliphatic imine (C=N–C) groups is 2. The molecule has 3 aromatic rings. The van der Waals surface area contributed by atoms with Crippen molar-refractivity contribution in [2.24, 2.45) is 56.2 Å². The maximum atomic E-state index is 15.0. The van der Waals surface area contributed by atoms with Crippen LogP contribution < -0.4 is 82.3 Å². The van der Waals surface area contributed by atoms with E-state index in [1.165, 1.54) is 16.7 Å². The number of aromatic nitrogens is 1. The number of carbonyl (C=O) groups is 12. The number of H-pyrrole nitrogens is 1. The zero-order valence-electron chi connectivity index (χ0n) is 59.0. The minimum absolute atomic E-state index is 0.00283. The van der Waals surface area contributed by atoms with E-state index in [4.69, 9.17) is 34.4 Å². The second kappa shape index (κ2) is 41.1. The van der Waals surface area contributed by atoms with Gasteiger partial charge < -0.3 is 107 Å². The number of likely N-dealkylation sites (tertiary alicyclic amines) is 2. The molecule has 562 valence electrons. The van der Waals surface area contributed by atoms with Crippen LogP contribution in [0.2, 0.25) is 0 Å². The van der Waals surface area contributed by atoms with Crippen LogP contribution in [-0.2, 0) is 70.4 Å². The number of guanidine groups is 2. The molecule has 0 radical (unpaired) electrons. The molecule has 5 rings (SSSR count). The molecule has 34 heteroatoms. The minimum atomic E-state index is -1.68. The summed E-state index contributed by atoms with van der Waals surface area (Å²) in [7, 11) is 0. The lowest BCUT2D eigenvalue weighted by Crippen LogP contribution is -2.61. The number of nitrogens with two attached hydrogens (primary N) is 6. The fourth-order valence-electron chi connectivity index (χ4n) is 12.1. The van der Waals surface area contributed by atoms with E-state index in [0.29, 0.717) is 54.1 Å². The van der Waals surface area contributed by atoms with Crippen molar-refractivity contribution >= 4 is 93.7 Å². The van der Waals surface area contributed by atoms with Crippen LogP contribution in [0.5, 0.6) is 0 Å². The van der Waals surface area contributed by atoms with Gasteiger partial charge in [0.2, 0.25) is 70.9 Å². The molecule has 0 saturated carbocycles. The lowest BCUT2D eigenvalue weighted by molar-refractivity contribution is -0.144. The predicted molar refractivity (Wildman–Crippen MR) is 380 cm³/mol. The molecule has 102 heavy (non-hydrogen) atoms. The Balaban J connectivity index is 1.33. The van der Waals surface area contributed by atoms with Gasteiger partial charge in [0.05, 0.1) is 25.3 Å². The number of fused-ring (bicyclic) bond motifs is 1. The second-order valence-corrected chi connectivity index (χ2v) is 26.6. The highest BCUT2D eigenvalue weighted by Gasteiger charge is 2.43. The van der Waals surface area contributed by atoms with Gasteiger partial charge in [-0.3, -0.25) is 67.5 Å². The zero-order chi connectivity index (χ0) is 75.3. The standard InChI is InChI=1S/C68H106N20O14/c1-7-8-21-43(69)57(93)86-55(39(6)90)66(102)88-30-17-26-52(88)63(99)83-48(32-40-18-10-9-11-19-40)60(96)82-49(33-41-34-77-44-22-13-12-20-42(41)44)61(97)79-45(23-14-27-75-67(71)72)58(94)78-35-53(91)85-54(38(4)5)64(100)84-50(36-89)62(98)81-47(31-37(2)3)59(95)80-46(24-15-28-76-68(73)74)65(101)87-29-16-25-51(87)56(70)92/h9-13,18-20,22,34,37-39,43,45-52,54-55,77,89-90H,7-8,14-17,21,23-33,35-36,69H2,1-6H3,(H2,70,92)(H,78,94)(H,79,97)(H,80,95)(H,81,98)(H,82,96)(H,83,99)(H,84,100)(H,85,91)(H,86,93)(H4,71,72,75)(H4,73,74,76)/t39-,43+,45+,46+,47+,48+,49+,50+,51+,52+,54+,55+/m1/s1. The Kier molecular flexibility index (Phi) is 33.3. The molecule has 0 spiro atoms. The van der Waals surface area contributed by atoms with Gasteiger partial charge in [0.15, 0.2) is 11.9 Å². The molecule has 1 aromatic heterocycles. The van der Waals surface area contributed by atoms with Crippen molar-refractivity contribution in [1.29, 1.82) is 0 Å². The van der Waals surface area contributed by atoms with Crippen LogP contribution in [-0.4, -0.2) is 220 Å². The highest BCUT2D eigenvalue weighted by molar-refractivity contribution is 6.00. The first-order chi connectivity index (χ1) is 48.4. The van der Waals surface area contributed by atoms with Crippen molar-refractivity contribution in [3.8, 4) is 0 Å². The van der Waals surface area contributed by atoms with Gasteiger partial charge in [-0.25, -0.2) is 0 Å². The SMILES string of the molecule is CCCC[C@H](N)C(=O)N[C@H](C(=O)N1CCC[C@H]1C(=O)N[C@@H](Cc1ccccc1)C(=O)N[C@@H](Cc1c[nH]c2ccccc12)C(=O)N[C@@H](CCCN=C(N)N)C(=O)NCC(=O)N[C@H](C(=O)N[C@@H](CO)C(=O)N[C@@H](CC(C)C)C(=O)N[C@@H](CCCN=C(N)N)C(=O)N1CCC[C@H]1C(N)=O)C(C)C)[C@@H](C)O. The quantitative estimate of drug-likeness (QED) is 0.0147. The molecule has 0 unspecified atom stereocenters. The molecule has 2 saturated heterocycles. The first-order valence-corrected chi connectivity index (χ1v) is 34.8. The number of unbranched alkanes of at least 4 members (excludes halogenated alkanes) is 1. The third-order valence-corrected chi connectivity index (χ3v) is 17.6. The van der Waals surface area contributed by atoms with Gasteiger partial charge in [-0.1, -0.05) is 96.0 Å². The summed E-state index contributed by atoms with van der Waals surface area (Å²) in [5.41, 5.74) is 35.8.